The van der Waals surface area contributed by atoms with Crippen LogP contribution in [0.2, 0.25) is 0 Å². The Labute approximate surface area is 190 Å². The van der Waals surface area contributed by atoms with Gasteiger partial charge in [-0.15, -0.1) is 0 Å². The summed E-state index contributed by atoms with van der Waals surface area (Å²) in [5.41, 5.74) is 0. The highest BCUT2D eigenvalue weighted by Gasteiger charge is 2.30. The zero-order chi connectivity index (χ0) is 22.4. The monoisotopic (exact) mass is 456 g/mol. The first-order chi connectivity index (χ1) is 15.5. The van der Waals surface area contributed by atoms with Crippen molar-refractivity contribution in [1.29, 1.82) is 0 Å². The van der Waals surface area contributed by atoms with Gasteiger partial charge in [-0.05, 0) is 30.0 Å². The first kappa shape index (κ1) is 22.3. The van der Waals surface area contributed by atoms with Crippen molar-refractivity contribution in [2.45, 2.75) is 0 Å². The quantitative estimate of drug-likeness (QED) is 0.379. The number of rotatable bonds is 7. The SMILES string of the molecule is CP(=CC(=O)CP(=O)(c1ccccc1)c1ccccc1)(c1ccccc1)c1ccccc1. The molecule has 4 aromatic carbocycles. The number of hydrogen-bond acceptors (Lipinski definition) is 2. The van der Waals surface area contributed by atoms with Crippen LogP contribution >= 0.6 is 14.0 Å². The normalized spacial score (nSPS) is 11.7. The van der Waals surface area contributed by atoms with Gasteiger partial charge in [-0.1, -0.05) is 121 Å². The van der Waals surface area contributed by atoms with E-state index in [-0.39, 0.29) is 11.9 Å². The minimum Gasteiger partial charge on any atom is -0.313 e. The zero-order valence-electron chi connectivity index (χ0n) is 18.0. The van der Waals surface area contributed by atoms with Gasteiger partial charge in [0.15, 0.2) is 12.9 Å². The van der Waals surface area contributed by atoms with Crippen LogP contribution in [-0.2, 0) is 9.36 Å². The number of carbonyl (C=O) groups excluding carboxylic acids is 1. The van der Waals surface area contributed by atoms with Crippen LogP contribution in [0.5, 0.6) is 0 Å². The third kappa shape index (κ3) is 4.63. The van der Waals surface area contributed by atoms with Crippen molar-refractivity contribution in [2.75, 3.05) is 12.8 Å². The molecule has 4 aromatic rings. The molecule has 0 aromatic heterocycles. The van der Waals surface area contributed by atoms with Crippen molar-refractivity contribution in [3.8, 4) is 0 Å². The molecule has 0 radical (unpaired) electrons. The van der Waals surface area contributed by atoms with E-state index in [0.29, 0.717) is 10.6 Å². The van der Waals surface area contributed by atoms with Gasteiger partial charge in [-0.2, -0.15) is 0 Å². The van der Waals surface area contributed by atoms with E-state index in [9.17, 15) is 9.36 Å². The van der Waals surface area contributed by atoms with E-state index >= 15 is 0 Å². The van der Waals surface area contributed by atoms with E-state index in [2.05, 4.69) is 30.9 Å². The zero-order valence-corrected chi connectivity index (χ0v) is 19.8. The van der Waals surface area contributed by atoms with E-state index in [1.165, 1.54) is 0 Å². The number of hydrogen-bond donors (Lipinski definition) is 0. The first-order valence-electron chi connectivity index (χ1n) is 10.6. The molecule has 0 unspecified atom stereocenters. The Hall–Kier alpha value is -2.92. The maximum atomic E-state index is 14.4. The van der Waals surface area contributed by atoms with Crippen molar-refractivity contribution in [3.63, 3.8) is 0 Å². The first-order valence-corrected chi connectivity index (χ1v) is 14.8. The van der Waals surface area contributed by atoms with E-state index in [1.54, 1.807) is 0 Å². The predicted molar refractivity (Wildman–Crippen MR) is 141 cm³/mol. The minimum atomic E-state index is -3.11. The molecular weight excluding hydrogens is 430 g/mol. The van der Waals surface area contributed by atoms with Crippen LogP contribution < -0.4 is 21.2 Å². The number of ketones is 1. The summed E-state index contributed by atoms with van der Waals surface area (Å²) in [6.07, 6.45) is -0.0176. The fourth-order valence-corrected chi connectivity index (χ4v) is 9.48. The maximum Gasteiger partial charge on any atom is 0.164 e. The lowest BCUT2D eigenvalue weighted by Crippen LogP contribution is -2.25. The molecule has 0 aliphatic heterocycles. The topological polar surface area (TPSA) is 34.1 Å². The van der Waals surface area contributed by atoms with Crippen LogP contribution in [-0.4, -0.2) is 24.4 Å². The highest BCUT2D eigenvalue weighted by atomic mass is 31.2. The number of Topliss-reactive ketones (excluding diaryl/α,β-unsaturated/α-hetero) is 1. The number of carbonyl (C=O) groups is 1. The summed E-state index contributed by atoms with van der Waals surface area (Å²) in [6.45, 7) is 0.0632. The lowest BCUT2D eigenvalue weighted by molar-refractivity contribution is -0.110. The number of benzene rings is 4. The molecule has 0 aliphatic carbocycles. The molecule has 0 spiro atoms. The van der Waals surface area contributed by atoms with Crippen molar-refractivity contribution >= 4 is 46.8 Å². The van der Waals surface area contributed by atoms with E-state index in [4.69, 9.17) is 0 Å². The highest BCUT2D eigenvalue weighted by molar-refractivity contribution is 7.89. The maximum absolute atomic E-state index is 14.4. The van der Waals surface area contributed by atoms with Gasteiger partial charge in [0.05, 0.1) is 6.16 Å². The highest BCUT2D eigenvalue weighted by Crippen LogP contribution is 2.45. The van der Waals surface area contributed by atoms with Gasteiger partial charge in [0.1, 0.15) is 0 Å². The van der Waals surface area contributed by atoms with Crippen molar-refractivity contribution in [3.05, 3.63) is 121 Å². The second kappa shape index (κ2) is 9.70. The molecule has 160 valence electrons. The molecule has 0 fully saturated rings. The Morgan fingerprint density at radius 3 is 1.25 bits per heavy atom. The molecule has 32 heavy (non-hydrogen) atoms. The molecule has 2 nitrogen and oxygen atoms in total. The largest absolute Gasteiger partial charge is 0.313 e. The van der Waals surface area contributed by atoms with Crippen LogP contribution in [0.25, 0.3) is 0 Å². The van der Waals surface area contributed by atoms with E-state index in [1.807, 2.05) is 103 Å². The van der Waals surface area contributed by atoms with Gasteiger partial charge in [0.25, 0.3) is 0 Å². The smallest absolute Gasteiger partial charge is 0.164 e. The second-order valence-electron chi connectivity index (χ2n) is 7.91. The van der Waals surface area contributed by atoms with Gasteiger partial charge in [0.2, 0.25) is 0 Å². The molecule has 0 amide bonds. The fourth-order valence-electron chi connectivity index (χ4n) is 3.99. The standard InChI is InChI=1S/C28H26O2P2/c1-31(25-14-6-2-7-15-25,26-16-8-3-9-17-26)22-24(29)23-32(30,27-18-10-4-11-19-27)28-20-12-5-13-21-28/h2-22H,23H2,1H3. The molecule has 0 heterocycles. The van der Waals surface area contributed by atoms with Crippen molar-refractivity contribution in [1.82, 2.24) is 0 Å². The molecular formula is C28H26O2P2. The minimum absolute atomic E-state index is 0.0176. The molecule has 0 saturated carbocycles. The summed E-state index contributed by atoms with van der Waals surface area (Å²) in [5, 5.41) is 3.70. The third-order valence-electron chi connectivity index (χ3n) is 5.71. The van der Waals surface area contributed by atoms with Gasteiger partial charge >= 0.3 is 0 Å². The van der Waals surface area contributed by atoms with E-state index in [0.717, 1.165) is 10.6 Å². The Morgan fingerprint density at radius 1 is 0.594 bits per heavy atom. The molecule has 4 rings (SSSR count). The molecule has 0 atom stereocenters. The second-order valence-corrected chi connectivity index (χ2v) is 14.2. The summed E-state index contributed by atoms with van der Waals surface area (Å²) < 4.78 is 14.4. The lowest BCUT2D eigenvalue weighted by atomic mass is 10.4. The summed E-state index contributed by atoms with van der Waals surface area (Å²) >= 11 is 0. The average Bonchev–Trinajstić information content (AvgIpc) is 2.86. The van der Waals surface area contributed by atoms with Crippen LogP contribution in [0, 0.1) is 0 Å². The summed E-state index contributed by atoms with van der Waals surface area (Å²) in [7, 11) is -3.11. The Morgan fingerprint density at radius 2 is 0.906 bits per heavy atom. The van der Waals surface area contributed by atoms with Crippen LogP contribution in [0.3, 0.4) is 0 Å². The summed E-state index contributed by atoms with van der Waals surface area (Å²) in [6, 6.07) is 39.1. The van der Waals surface area contributed by atoms with Crippen LogP contribution in [0.1, 0.15) is 0 Å². The Bertz CT molecular complexity index is 1200. The Kier molecular flexibility index (Phi) is 6.75. The van der Waals surface area contributed by atoms with Crippen molar-refractivity contribution in [2.24, 2.45) is 0 Å². The fraction of sp³-hybridized carbons (Fsp3) is 0.0714. The van der Waals surface area contributed by atoms with Crippen LogP contribution in [0.4, 0.5) is 0 Å². The molecule has 4 heteroatoms. The predicted octanol–water partition coefficient (Wildman–Crippen LogP) is 4.67. The van der Waals surface area contributed by atoms with Crippen molar-refractivity contribution < 1.29 is 9.36 Å². The summed E-state index contributed by atoms with van der Waals surface area (Å²) in [4.78, 5) is 13.6. The molecule has 0 saturated heterocycles. The van der Waals surface area contributed by atoms with Gasteiger partial charge in [0, 0.05) is 10.6 Å². The summed E-state index contributed by atoms with van der Waals surface area (Å²) in [5.74, 6) is 1.78. The Balaban J connectivity index is 1.82. The van der Waals surface area contributed by atoms with Crippen LogP contribution in [0.15, 0.2) is 121 Å². The third-order valence-corrected chi connectivity index (χ3v) is 12.3. The average molecular weight is 456 g/mol. The van der Waals surface area contributed by atoms with E-state index < -0.39 is 14.0 Å². The van der Waals surface area contributed by atoms with Gasteiger partial charge in [-0.3, -0.25) is 4.79 Å². The molecule has 0 bridgehead atoms. The van der Waals surface area contributed by atoms with Gasteiger partial charge in [-0.25, -0.2) is 0 Å². The molecule has 0 aliphatic rings. The van der Waals surface area contributed by atoms with Gasteiger partial charge < -0.3 is 4.57 Å². The molecule has 0 N–H and O–H groups in total. The lowest BCUT2D eigenvalue weighted by Gasteiger charge is -2.24.